The van der Waals surface area contributed by atoms with Gasteiger partial charge in [0.1, 0.15) is 0 Å². The minimum atomic E-state index is 0.164. The third-order valence-electron chi connectivity index (χ3n) is 3.48. The average Bonchev–Trinajstić information content (AvgIpc) is 2.19. The van der Waals surface area contributed by atoms with Crippen molar-refractivity contribution >= 4 is 0 Å². The molecule has 0 aliphatic heterocycles. The zero-order valence-electron chi connectivity index (χ0n) is 11.3. The van der Waals surface area contributed by atoms with Crippen LogP contribution in [0.1, 0.15) is 52.9 Å². The van der Waals surface area contributed by atoms with Crippen molar-refractivity contribution in [3.05, 3.63) is 11.6 Å². The summed E-state index contributed by atoms with van der Waals surface area (Å²) >= 11 is 0. The van der Waals surface area contributed by atoms with Crippen molar-refractivity contribution in [1.82, 2.24) is 5.32 Å². The summed E-state index contributed by atoms with van der Waals surface area (Å²) < 4.78 is 5.70. The lowest BCUT2D eigenvalue weighted by atomic mass is 9.75. The summed E-state index contributed by atoms with van der Waals surface area (Å²) in [6.45, 7) is 7.64. The Morgan fingerprint density at radius 1 is 1.44 bits per heavy atom. The Balaban J connectivity index is 2.51. The maximum absolute atomic E-state index is 5.70. The average molecular weight is 225 g/mol. The van der Waals surface area contributed by atoms with Crippen LogP contribution in [0.2, 0.25) is 0 Å². The topological polar surface area (TPSA) is 21.3 Å². The first-order valence-corrected chi connectivity index (χ1v) is 6.55. The van der Waals surface area contributed by atoms with Crippen molar-refractivity contribution in [2.75, 3.05) is 13.7 Å². The fraction of sp³-hybridized carbons (Fsp3) is 0.857. The van der Waals surface area contributed by atoms with E-state index >= 15 is 0 Å². The Morgan fingerprint density at radius 3 is 2.50 bits per heavy atom. The molecule has 1 saturated carbocycles. The van der Waals surface area contributed by atoms with Crippen LogP contribution < -0.4 is 5.32 Å². The lowest BCUT2D eigenvalue weighted by Gasteiger charge is -2.42. The van der Waals surface area contributed by atoms with Gasteiger partial charge in [0.05, 0.1) is 5.60 Å². The second kappa shape index (κ2) is 6.41. The minimum absolute atomic E-state index is 0.164. The first kappa shape index (κ1) is 13.7. The van der Waals surface area contributed by atoms with Crippen LogP contribution in [0.3, 0.4) is 0 Å². The molecular formula is C14H27NO. The zero-order valence-corrected chi connectivity index (χ0v) is 11.3. The number of hydrogen-bond donors (Lipinski definition) is 1. The Labute approximate surface area is 100 Å². The van der Waals surface area contributed by atoms with Crippen molar-refractivity contribution in [3.63, 3.8) is 0 Å². The molecule has 0 radical (unpaired) electrons. The van der Waals surface area contributed by atoms with Gasteiger partial charge in [0, 0.05) is 13.2 Å². The molecular weight excluding hydrogens is 198 g/mol. The van der Waals surface area contributed by atoms with Crippen molar-refractivity contribution in [2.24, 2.45) is 0 Å². The molecule has 1 rings (SSSR count). The summed E-state index contributed by atoms with van der Waals surface area (Å²) in [6, 6.07) is 0.477. The predicted octanol–water partition coefficient (Wildman–Crippen LogP) is 3.28. The Morgan fingerprint density at radius 2 is 2.12 bits per heavy atom. The van der Waals surface area contributed by atoms with Crippen molar-refractivity contribution in [2.45, 2.75) is 64.5 Å². The molecule has 2 heteroatoms. The normalized spacial score (nSPS) is 20.0. The minimum Gasteiger partial charge on any atom is -0.378 e. The molecule has 16 heavy (non-hydrogen) atoms. The maximum atomic E-state index is 5.70. The fourth-order valence-electron chi connectivity index (χ4n) is 2.39. The van der Waals surface area contributed by atoms with Gasteiger partial charge >= 0.3 is 0 Å². The van der Waals surface area contributed by atoms with E-state index in [0.717, 1.165) is 13.0 Å². The highest BCUT2D eigenvalue weighted by Crippen LogP contribution is 2.39. The van der Waals surface area contributed by atoms with Crippen LogP contribution in [0.5, 0.6) is 0 Å². The van der Waals surface area contributed by atoms with E-state index in [1.54, 1.807) is 0 Å². The van der Waals surface area contributed by atoms with Gasteiger partial charge in [-0.25, -0.2) is 0 Å². The largest absolute Gasteiger partial charge is 0.378 e. The highest BCUT2D eigenvalue weighted by molar-refractivity contribution is 5.05. The van der Waals surface area contributed by atoms with E-state index in [4.69, 9.17) is 4.74 Å². The number of nitrogens with one attached hydrogen (secondary N) is 1. The van der Waals surface area contributed by atoms with E-state index in [-0.39, 0.29) is 5.60 Å². The molecule has 2 nitrogen and oxygen atoms in total. The Kier molecular flexibility index (Phi) is 5.50. The quantitative estimate of drug-likeness (QED) is 0.671. The van der Waals surface area contributed by atoms with E-state index < -0.39 is 0 Å². The highest BCUT2D eigenvalue weighted by Gasteiger charge is 2.38. The smallest absolute Gasteiger partial charge is 0.0696 e. The molecule has 1 atom stereocenters. The second-order valence-corrected chi connectivity index (χ2v) is 5.25. The first-order valence-electron chi connectivity index (χ1n) is 6.55. The van der Waals surface area contributed by atoms with Crippen molar-refractivity contribution < 1.29 is 4.74 Å². The molecule has 1 unspecified atom stereocenters. The van der Waals surface area contributed by atoms with Crippen LogP contribution in [0.4, 0.5) is 0 Å². The fourth-order valence-corrected chi connectivity index (χ4v) is 2.39. The maximum Gasteiger partial charge on any atom is 0.0696 e. The molecule has 1 N–H and O–H groups in total. The van der Waals surface area contributed by atoms with Crippen molar-refractivity contribution in [1.29, 1.82) is 0 Å². The van der Waals surface area contributed by atoms with E-state index in [0.29, 0.717) is 6.04 Å². The van der Waals surface area contributed by atoms with Crippen LogP contribution in [-0.4, -0.2) is 25.3 Å². The van der Waals surface area contributed by atoms with Crippen molar-refractivity contribution in [3.8, 4) is 0 Å². The third kappa shape index (κ3) is 3.91. The summed E-state index contributed by atoms with van der Waals surface area (Å²) in [5, 5.41) is 3.60. The van der Waals surface area contributed by atoms with E-state index in [1.807, 2.05) is 7.11 Å². The molecule has 0 bridgehead atoms. The number of methoxy groups -OCH3 is 1. The Bertz CT molecular complexity index is 221. The molecule has 1 aliphatic rings. The number of rotatable bonds is 7. The number of ether oxygens (including phenoxy) is 1. The number of allylic oxidation sites excluding steroid dienone is 1. The SMILES string of the molecule is CCCNC(C=C(C)C)CC1(OC)CCC1. The molecule has 0 spiro atoms. The van der Waals surface area contributed by atoms with Gasteiger partial charge in [-0.05, 0) is 52.5 Å². The van der Waals surface area contributed by atoms with Gasteiger partial charge in [-0.15, -0.1) is 0 Å². The van der Waals surface area contributed by atoms with Crippen LogP contribution >= 0.6 is 0 Å². The summed E-state index contributed by atoms with van der Waals surface area (Å²) in [6.07, 6.45) is 8.43. The monoisotopic (exact) mass is 225 g/mol. The standard InChI is InChI=1S/C14H27NO/c1-5-9-15-13(10-12(2)3)11-14(16-4)7-6-8-14/h10,13,15H,5-9,11H2,1-4H3. The molecule has 94 valence electrons. The molecule has 0 heterocycles. The van der Waals surface area contributed by atoms with Gasteiger partial charge < -0.3 is 10.1 Å². The first-order chi connectivity index (χ1) is 7.62. The molecule has 0 amide bonds. The summed E-state index contributed by atoms with van der Waals surface area (Å²) in [7, 11) is 1.86. The zero-order chi connectivity index (χ0) is 12.0. The summed E-state index contributed by atoms with van der Waals surface area (Å²) in [5.41, 5.74) is 1.55. The van der Waals surface area contributed by atoms with Gasteiger partial charge in [0.15, 0.2) is 0 Å². The second-order valence-electron chi connectivity index (χ2n) is 5.25. The molecule has 0 aromatic carbocycles. The van der Waals surface area contributed by atoms with Gasteiger partial charge in [-0.2, -0.15) is 0 Å². The number of hydrogen-bond acceptors (Lipinski definition) is 2. The summed E-state index contributed by atoms with van der Waals surface area (Å²) in [5.74, 6) is 0. The molecule has 0 saturated heterocycles. The summed E-state index contributed by atoms with van der Waals surface area (Å²) in [4.78, 5) is 0. The third-order valence-corrected chi connectivity index (χ3v) is 3.48. The Hall–Kier alpha value is -0.340. The van der Waals surface area contributed by atoms with Gasteiger partial charge in [0.25, 0.3) is 0 Å². The van der Waals surface area contributed by atoms with Crippen LogP contribution in [-0.2, 0) is 4.74 Å². The van der Waals surface area contributed by atoms with Crippen LogP contribution in [0.15, 0.2) is 11.6 Å². The van der Waals surface area contributed by atoms with Gasteiger partial charge in [-0.1, -0.05) is 18.6 Å². The van der Waals surface area contributed by atoms with Gasteiger partial charge in [-0.3, -0.25) is 0 Å². The van der Waals surface area contributed by atoms with Crippen LogP contribution in [0, 0.1) is 0 Å². The predicted molar refractivity (Wildman–Crippen MR) is 69.7 cm³/mol. The van der Waals surface area contributed by atoms with Crippen LogP contribution in [0.25, 0.3) is 0 Å². The van der Waals surface area contributed by atoms with E-state index in [9.17, 15) is 0 Å². The van der Waals surface area contributed by atoms with Gasteiger partial charge in [0.2, 0.25) is 0 Å². The lowest BCUT2D eigenvalue weighted by Crippen LogP contribution is -2.45. The van der Waals surface area contributed by atoms with E-state index in [2.05, 4.69) is 32.2 Å². The molecule has 1 aliphatic carbocycles. The van der Waals surface area contributed by atoms with E-state index in [1.165, 1.54) is 31.3 Å². The molecule has 0 aromatic heterocycles. The molecule has 1 fully saturated rings. The lowest BCUT2D eigenvalue weighted by molar-refractivity contribution is -0.0808. The molecule has 0 aromatic rings. The highest BCUT2D eigenvalue weighted by atomic mass is 16.5.